The minimum atomic E-state index is -0.320. The molecule has 1 unspecified atom stereocenters. The van der Waals surface area contributed by atoms with E-state index in [1.54, 1.807) is 27.4 Å². The van der Waals surface area contributed by atoms with Gasteiger partial charge in [-0.2, -0.15) is 0 Å². The molecule has 7 heteroatoms. The van der Waals surface area contributed by atoms with Crippen molar-refractivity contribution in [3.8, 4) is 17.2 Å². The molecule has 1 heterocycles. The van der Waals surface area contributed by atoms with E-state index in [4.69, 9.17) is 18.9 Å². The summed E-state index contributed by atoms with van der Waals surface area (Å²) in [6.07, 6.45) is 0. The average Bonchev–Trinajstić information content (AvgIpc) is 2.59. The maximum Gasteiger partial charge on any atom is 0.239 e. The van der Waals surface area contributed by atoms with Gasteiger partial charge in [-0.1, -0.05) is 0 Å². The van der Waals surface area contributed by atoms with E-state index in [9.17, 15) is 4.79 Å². The summed E-state index contributed by atoms with van der Waals surface area (Å²) >= 11 is 0. The van der Waals surface area contributed by atoms with Gasteiger partial charge in [0.15, 0.2) is 11.5 Å². The molecule has 0 saturated carbocycles. The lowest BCUT2D eigenvalue weighted by Crippen LogP contribution is -2.51. The number of morpholine rings is 1. The normalized spacial score (nSPS) is 17.7. The summed E-state index contributed by atoms with van der Waals surface area (Å²) in [6.45, 7) is 2.03. The molecule has 1 aromatic rings. The lowest BCUT2D eigenvalue weighted by atomic mass is 10.1. The van der Waals surface area contributed by atoms with Crippen LogP contribution in [-0.2, 0) is 16.1 Å². The highest BCUT2D eigenvalue weighted by Crippen LogP contribution is 2.39. The van der Waals surface area contributed by atoms with Crippen LogP contribution in [0.15, 0.2) is 12.1 Å². The minimum Gasteiger partial charge on any atom is -0.493 e. The maximum absolute atomic E-state index is 12.1. The molecule has 2 N–H and O–H groups in total. The third kappa shape index (κ3) is 3.61. The van der Waals surface area contributed by atoms with Crippen molar-refractivity contribution in [2.45, 2.75) is 12.6 Å². The summed E-state index contributed by atoms with van der Waals surface area (Å²) in [5, 5.41) is 5.99. The molecule has 0 aromatic heterocycles. The summed E-state index contributed by atoms with van der Waals surface area (Å²) in [5.74, 6) is 1.54. The predicted octanol–water partition coefficient (Wildman–Crippen LogP) is 0.317. The van der Waals surface area contributed by atoms with Crippen LogP contribution in [0, 0.1) is 0 Å². The van der Waals surface area contributed by atoms with Gasteiger partial charge in [0.2, 0.25) is 11.7 Å². The quantitative estimate of drug-likeness (QED) is 0.788. The molecular formula is C15H22N2O5. The highest BCUT2D eigenvalue weighted by molar-refractivity contribution is 5.82. The van der Waals surface area contributed by atoms with E-state index < -0.39 is 0 Å². The number of rotatable bonds is 6. The van der Waals surface area contributed by atoms with Crippen molar-refractivity contribution in [3.05, 3.63) is 17.7 Å². The van der Waals surface area contributed by atoms with Gasteiger partial charge in [0, 0.05) is 18.7 Å². The zero-order chi connectivity index (χ0) is 15.9. The number of benzene rings is 1. The molecule has 22 heavy (non-hydrogen) atoms. The first-order valence-corrected chi connectivity index (χ1v) is 7.08. The number of nitrogens with one attached hydrogen (secondary N) is 2. The Bertz CT molecular complexity index is 515. The minimum absolute atomic E-state index is 0.100. The fourth-order valence-electron chi connectivity index (χ4n) is 2.34. The lowest BCUT2D eigenvalue weighted by molar-refractivity contribution is -0.126. The Morgan fingerprint density at radius 1 is 1.27 bits per heavy atom. The van der Waals surface area contributed by atoms with Crippen LogP contribution < -0.4 is 24.8 Å². The van der Waals surface area contributed by atoms with E-state index in [0.717, 1.165) is 5.56 Å². The van der Waals surface area contributed by atoms with Crippen molar-refractivity contribution < 1.29 is 23.7 Å². The Morgan fingerprint density at radius 3 is 2.64 bits per heavy atom. The first-order chi connectivity index (χ1) is 10.7. The molecule has 2 rings (SSSR count). The maximum atomic E-state index is 12.1. The van der Waals surface area contributed by atoms with Crippen LogP contribution in [0.5, 0.6) is 17.2 Å². The van der Waals surface area contributed by atoms with Gasteiger partial charge in [-0.25, -0.2) is 0 Å². The number of amides is 1. The third-order valence-corrected chi connectivity index (χ3v) is 3.48. The van der Waals surface area contributed by atoms with Gasteiger partial charge >= 0.3 is 0 Å². The molecule has 0 spiro atoms. The van der Waals surface area contributed by atoms with Crippen LogP contribution in [0.1, 0.15) is 5.56 Å². The van der Waals surface area contributed by atoms with Gasteiger partial charge in [0.25, 0.3) is 0 Å². The molecule has 1 amide bonds. The van der Waals surface area contributed by atoms with E-state index in [1.807, 2.05) is 6.07 Å². The fourth-order valence-corrected chi connectivity index (χ4v) is 2.34. The number of hydrogen-bond donors (Lipinski definition) is 2. The Balaban J connectivity index is 2.07. The number of carbonyl (C=O) groups is 1. The Hall–Kier alpha value is -1.99. The van der Waals surface area contributed by atoms with Crippen LogP contribution in [0.4, 0.5) is 0 Å². The second kappa shape index (κ2) is 7.86. The number of hydrogen-bond acceptors (Lipinski definition) is 6. The Labute approximate surface area is 129 Å². The van der Waals surface area contributed by atoms with Crippen molar-refractivity contribution in [1.82, 2.24) is 10.6 Å². The van der Waals surface area contributed by atoms with Crippen LogP contribution in [0.2, 0.25) is 0 Å². The molecule has 1 aliphatic rings. The fraction of sp³-hybridized carbons (Fsp3) is 0.533. The summed E-state index contributed by atoms with van der Waals surface area (Å²) in [5.41, 5.74) is 0.810. The largest absolute Gasteiger partial charge is 0.493 e. The molecule has 0 radical (unpaired) electrons. The Morgan fingerprint density at radius 2 is 2.05 bits per heavy atom. The molecule has 0 aliphatic carbocycles. The molecule has 0 bridgehead atoms. The summed E-state index contributed by atoms with van der Waals surface area (Å²) in [6, 6.07) is 3.30. The first kappa shape index (κ1) is 16.4. The summed E-state index contributed by atoms with van der Waals surface area (Å²) in [7, 11) is 4.67. The van der Waals surface area contributed by atoms with E-state index in [1.165, 1.54) is 0 Å². The van der Waals surface area contributed by atoms with Crippen LogP contribution in [0.25, 0.3) is 0 Å². The van der Waals surface area contributed by atoms with Crippen molar-refractivity contribution in [1.29, 1.82) is 0 Å². The van der Waals surface area contributed by atoms with Crippen LogP contribution in [0.3, 0.4) is 0 Å². The number of ether oxygens (including phenoxy) is 4. The molecule has 1 aliphatic heterocycles. The van der Waals surface area contributed by atoms with E-state index in [0.29, 0.717) is 43.6 Å². The first-order valence-electron chi connectivity index (χ1n) is 7.08. The van der Waals surface area contributed by atoms with E-state index in [-0.39, 0.29) is 11.9 Å². The summed E-state index contributed by atoms with van der Waals surface area (Å²) < 4.78 is 21.2. The lowest BCUT2D eigenvalue weighted by Gasteiger charge is -2.23. The van der Waals surface area contributed by atoms with Crippen LogP contribution >= 0.6 is 0 Å². The van der Waals surface area contributed by atoms with Gasteiger partial charge in [-0.3, -0.25) is 4.79 Å². The molecule has 7 nitrogen and oxygen atoms in total. The highest BCUT2D eigenvalue weighted by Gasteiger charge is 2.22. The molecule has 122 valence electrons. The molecular weight excluding hydrogens is 288 g/mol. The molecule has 1 aromatic carbocycles. The van der Waals surface area contributed by atoms with Crippen molar-refractivity contribution in [2.75, 3.05) is 41.1 Å². The third-order valence-electron chi connectivity index (χ3n) is 3.48. The smallest absolute Gasteiger partial charge is 0.239 e. The molecule has 1 atom stereocenters. The standard InChI is InChI=1S/C15H22N2O5/c1-19-12-5-4-10(13(20-2)14(12)21-3)8-17-15(18)11-9-22-7-6-16-11/h4-5,11,16H,6-9H2,1-3H3,(H,17,18). The van der Waals surface area contributed by atoms with Crippen molar-refractivity contribution in [3.63, 3.8) is 0 Å². The van der Waals surface area contributed by atoms with Gasteiger partial charge in [0.1, 0.15) is 6.04 Å². The number of methoxy groups -OCH3 is 3. The van der Waals surface area contributed by atoms with Gasteiger partial charge < -0.3 is 29.6 Å². The van der Waals surface area contributed by atoms with Gasteiger partial charge in [0.05, 0.1) is 34.5 Å². The van der Waals surface area contributed by atoms with Gasteiger partial charge in [-0.15, -0.1) is 0 Å². The van der Waals surface area contributed by atoms with E-state index in [2.05, 4.69) is 10.6 Å². The summed E-state index contributed by atoms with van der Waals surface area (Å²) in [4.78, 5) is 12.1. The second-order valence-electron chi connectivity index (χ2n) is 4.79. The Kier molecular flexibility index (Phi) is 5.85. The second-order valence-corrected chi connectivity index (χ2v) is 4.79. The molecule has 1 fully saturated rings. The van der Waals surface area contributed by atoms with Crippen molar-refractivity contribution in [2.24, 2.45) is 0 Å². The average molecular weight is 310 g/mol. The molecule has 1 saturated heterocycles. The van der Waals surface area contributed by atoms with Crippen LogP contribution in [-0.4, -0.2) is 53.0 Å². The monoisotopic (exact) mass is 310 g/mol. The zero-order valence-corrected chi connectivity index (χ0v) is 13.1. The predicted molar refractivity (Wildman–Crippen MR) is 80.6 cm³/mol. The zero-order valence-electron chi connectivity index (χ0n) is 13.1. The highest BCUT2D eigenvalue weighted by atomic mass is 16.5. The van der Waals surface area contributed by atoms with Gasteiger partial charge in [-0.05, 0) is 12.1 Å². The van der Waals surface area contributed by atoms with E-state index >= 15 is 0 Å². The SMILES string of the molecule is COc1ccc(CNC(=O)C2COCCN2)c(OC)c1OC. The topological polar surface area (TPSA) is 78.1 Å². The van der Waals surface area contributed by atoms with Crippen molar-refractivity contribution >= 4 is 5.91 Å². The number of carbonyl (C=O) groups excluding carboxylic acids is 1.